The molecule has 1 aromatic carbocycles. The van der Waals surface area contributed by atoms with E-state index in [0.29, 0.717) is 0 Å². The van der Waals surface area contributed by atoms with Crippen molar-refractivity contribution in [2.24, 2.45) is 7.05 Å². The third-order valence-corrected chi connectivity index (χ3v) is 4.72. The van der Waals surface area contributed by atoms with Gasteiger partial charge in [0.1, 0.15) is 5.82 Å². The third-order valence-electron chi connectivity index (χ3n) is 4.72. The summed E-state index contributed by atoms with van der Waals surface area (Å²) < 4.78 is 1.81. The van der Waals surface area contributed by atoms with Crippen molar-refractivity contribution in [1.82, 2.24) is 19.7 Å². The van der Waals surface area contributed by atoms with E-state index in [9.17, 15) is 0 Å². The maximum Gasteiger partial charge on any atom is 0.159 e. The molecular formula is C22H24N6. The summed E-state index contributed by atoms with van der Waals surface area (Å²) in [4.78, 5) is 11.4. The summed E-state index contributed by atoms with van der Waals surface area (Å²) in [5, 5.41) is 8.95. The minimum atomic E-state index is 0.789. The Morgan fingerprint density at radius 2 is 1.89 bits per heavy atom. The molecule has 28 heavy (non-hydrogen) atoms. The van der Waals surface area contributed by atoms with E-state index in [1.165, 1.54) is 5.56 Å². The van der Waals surface area contributed by atoms with Crippen LogP contribution in [0.2, 0.25) is 0 Å². The summed E-state index contributed by atoms with van der Waals surface area (Å²) in [5.74, 6) is 0.977. The summed E-state index contributed by atoms with van der Waals surface area (Å²) in [6.45, 7) is 4.44. The summed E-state index contributed by atoms with van der Waals surface area (Å²) in [7, 11) is 1.92. The molecule has 4 rings (SSSR count). The van der Waals surface area contributed by atoms with Crippen LogP contribution in [0.15, 0.2) is 67.0 Å². The molecule has 0 aliphatic carbocycles. The number of nitrogens with one attached hydrogen (secondary N) is 1. The number of nitrogens with zero attached hydrogens (tertiary/aromatic N) is 5. The van der Waals surface area contributed by atoms with Gasteiger partial charge < -0.3 is 10.2 Å². The fourth-order valence-electron chi connectivity index (χ4n) is 3.33. The quantitative estimate of drug-likeness (QED) is 0.535. The number of hydrogen-bond donors (Lipinski definition) is 1. The highest BCUT2D eigenvalue weighted by molar-refractivity contribution is 5.89. The Hall–Kier alpha value is -3.41. The molecule has 142 valence electrons. The van der Waals surface area contributed by atoms with Gasteiger partial charge in [0.05, 0.1) is 11.6 Å². The zero-order valence-electron chi connectivity index (χ0n) is 16.2. The number of hydrogen-bond acceptors (Lipinski definition) is 5. The molecule has 0 saturated carbocycles. The van der Waals surface area contributed by atoms with Crippen molar-refractivity contribution in [2.45, 2.75) is 13.5 Å². The van der Waals surface area contributed by atoms with Gasteiger partial charge in [0.25, 0.3) is 0 Å². The maximum absolute atomic E-state index is 4.58. The Labute approximate surface area is 164 Å². The van der Waals surface area contributed by atoms with Crippen molar-refractivity contribution in [1.29, 1.82) is 0 Å². The average Bonchev–Trinajstić information content (AvgIpc) is 3.09. The van der Waals surface area contributed by atoms with Crippen molar-refractivity contribution in [2.75, 3.05) is 23.3 Å². The van der Waals surface area contributed by atoms with Crippen molar-refractivity contribution in [3.05, 3.63) is 78.2 Å². The molecule has 0 unspecified atom stereocenters. The fraction of sp³-hybridized carbons (Fsp3) is 0.227. The van der Waals surface area contributed by atoms with Crippen LogP contribution in [0, 0.1) is 6.92 Å². The zero-order chi connectivity index (χ0) is 19.3. The largest absolute Gasteiger partial charge is 0.383 e. The van der Waals surface area contributed by atoms with Crippen LogP contribution in [-0.2, 0) is 13.6 Å². The minimum absolute atomic E-state index is 0.789. The van der Waals surface area contributed by atoms with E-state index in [-0.39, 0.29) is 0 Å². The first-order valence-corrected chi connectivity index (χ1v) is 9.44. The van der Waals surface area contributed by atoms with E-state index in [2.05, 4.69) is 61.7 Å². The van der Waals surface area contributed by atoms with Crippen LogP contribution < -0.4 is 10.2 Å². The highest BCUT2D eigenvalue weighted by Gasteiger charge is 2.11. The van der Waals surface area contributed by atoms with Gasteiger partial charge in [0.15, 0.2) is 5.65 Å². The number of aryl methyl sites for hydroxylation is 2. The summed E-state index contributed by atoms with van der Waals surface area (Å²) in [6.07, 6.45) is 3.71. The fourth-order valence-corrected chi connectivity index (χ4v) is 3.33. The van der Waals surface area contributed by atoms with Crippen molar-refractivity contribution >= 4 is 22.5 Å². The highest BCUT2D eigenvalue weighted by atomic mass is 15.3. The Bertz CT molecular complexity index is 1040. The first kappa shape index (κ1) is 18.0. The second-order valence-corrected chi connectivity index (χ2v) is 6.84. The molecule has 6 heteroatoms. The molecule has 0 spiro atoms. The van der Waals surface area contributed by atoms with Crippen LogP contribution >= 0.6 is 0 Å². The Kier molecular flexibility index (Phi) is 5.19. The molecule has 0 atom stereocenters. The van der Waals surface area contributed by atoms with Gasteiger partial charge in [-0.3, -0.25) is 4.68 Å². The van der Waals surface area contributed by atoms with Gasteiger partial charge in [-0.25, -0.2) is 9.97 Å². The molecule has 6 nitrogen and oxygen atoms in total. The monoisotopic (exact) mass is 372 g/mol. The molecule has 3 aromatic heterocycles. The molecule has 0 radical (unpaired) electrons. The number of fused-ring (bicyclic) bond motifs is 1. The minimum Gasteiger partial charge on any atom is -0.383 e. The SMILES string of the molecule is Cc1cc(NCCN(Cc2ccccc2)c2ccccn2)c2cnn(C)c2n1. The standard InChI is InChI=1S/C22H24N6/c1-17-14-20(19-15-25-27(2)22(19)26-17)23-12-13-28(21-10-6-7-11-24-21)16-18-8-4-3-5-9-18/h3-11,14-15H,12-13,16H2,1-2H3,(H,23,26). The number of benzene rings is 1. The Morgan fingerprint density at radius 1 is 1.07 bits per heavy atom. The van der Waals surface area contributed by atoms with Crippen molar-refractivity contribution in [3.8, 4) is 0 Å². The van der Waals surface area contributed by atoms with E-state index < -0.39 is 0 Å². The van der Waals surface area contributed by atoms with Crippen LogP contribution in [0.3, 0.4) is 0 Å². The first-order chi connectivity index (χ1) is 13.7. The van der Waals surface area contributed by atoms with Crippen molar-refractivity contribution < 1.29 is 0 Å². The van der Waals surface area contributed by atoms with Crippen LogP contribution in [0.1, 0.15) is 11.3 Å². The molecule has 0 saturated heterocycles. The van der Waals surface area contributed by atoms with E-state index in [1.54, 1.807) is 0 Å². The normalized spacial score (nSPS) is 10.9. The van der Waals surface area contributed by atoms with Crippen LogP contribution in [0.4, 0.5) is 11.5 Å². The predicted molar refractivity (Wildman–Crippen MR) is 113 cm³/mol. The van der Waals surface area contributed by atoms with Crippen LogP contribution in [0.5, 0.6) is 0 Å². The van der Waals surface area contributed by atoms with E-state index in [0.717, 1.165) is 47.9 Å². The number of pyridine rings is 2. The van der Waals surface area contributed by atoms with E-state index in [1.807, 2.05) is 49.2 Å². The molecule has 0 bridgehead atoms. The molecule has 0 fully saturated rings. The van der Waals surface area contributed by atoms with E-state index in [4.69, 9.17) is 0 Å². The van der Waals surface area contributed by atoms with Gasteiger partial charge in [0, 0.05) is 44.3 Å². The lowest BCUT2D eigenvalue weighted by atomic mass is 10.2. The molecule has 4 aromatic rings. The predicted octanol–water partition coefficient (Wildman–Crippen LogP) is 3.79. The molecule has 0 aliphatic rings. The van der Waals surface area contributed by atoms with Gasteiger partial charge >= 0.3 is 0 Å². The summed E-state index contributed by atoms with van der Waals surface area (Å²) >= 11 is 0. The Balaban J connectivity index is 1.50. The lowest BCUT2D eigenvalue weighted by Gasteiger charge is -2.24. The molecule has 1 N–H and O–H groups in total. The number of rotatable bonds is 7. The Morgan fingerprint density at radius 3 is 2.68 bits per heavy atom. The van der Waals surface area contributed by atoms with E-state index >= 15 is 0 Å². The van der Waals surface area contributed by atoms with Gasteiger partial charge in [-0.05, 0) is 30.7 Å². The smallest absolute Gasteiger partial charge is 0.159 e. The van der Waals surface area contributed by atoms with Crippen LogP contribution in [0.25, 0.3) is 11.0 Å². The molecule has 3 heterocycles. The van der Waals surface area contributed by atoms with Crippen LogP contribution in [-0.4, -0.2) is 32.8 Å². The molecule has 0 aliphatic heterocycles. The number of aromatic nitrogens is 4. The zero-order valence-corrected chi connectivity index (χ0v) is 16.2. The lowest BCUT2D eigenvalue weighted by Crippen LogP contribution is -2.29. The lowest BCUT2D eigenvalue weighted by molar-refractivity contribution is 0.784. The highest BCUT2D eigenvalue weighted by Crippen LogP contribution is 2.22. The van der Waals surface area contributed by atoms with Gasteiger partial charge in [0.2, 0.25) is 0 Å². The summed E-state index contributed by atoms with van der Waals surface area (Å²) in [5.41, 5.74) is 4.21. The maximum atomic E-state index is 4.58. The van der Waals surface area contributed by atoms with Gasteiger partial charge in [-0.15, -0.1) is 0 Å². The first-order valence-electron chi connectivity index (χ1n) is 9.44. The number of anilines is 2. The van der Waals surface area contributed by atoms with Gasteiger partial charge in [-0.2, -0.15) is 5.10 Å². The summed E-state index contributed by atoms with van der Waals surface area (Å²) in [6, 6.07) is 18.6. The topological polar surface area (TPSA) is 58.9 Å². The second kappa shape index (κ2) is 8.08. The second-order valence-electron chi connectivity index (χ2n) is 6.84. The van der Waals surface area contributed by atoms with Crippen molar-refractivity contribution in [3.63, 3.8) is 0 Å². The molecular weight excluding hydrogens is 348 g/mol. The van der Waals surface area contributed by atoms with Gasteiger partial charge in [-0.1, -0.05) is 36.4 Å². The molecule has 0 amide bonds. The average molecular weight is 372 g/mol. The third kappa shape index (κ3) is 3.96.